The molecule has 0 atom stereocenters. The molecule has 17 heavy (non-hydrogen) atoms. The van der Waals surface area contributed by atoms with Gasteiger partial charge in [-0.1, -0.05) is 0 Å². The topological polar surface area (TPSA) is 76.7 Å². The molecular weight excluding hydrogens is 214 g/mol. The Morgan fingerprint density at radius 1 is 1.29 bits per heavy atom. The Hall–Kier alpha value is -2.17. The van der Waals surface area contributed by atoms with Crippen LogP contribution in [0, 0.1) is 6.92 Å². The van der Waals surface area contributed by atoms with Crippen LogP contribution in [0.3, 0.4) is 0 Å². The lowest BCUT2D eigenvalue weighted by Crippen LogP contribution is -2.09. The lowest BCUT2D eigenvalue weighted by molar-refractivity contribution is 0.989. The summed E-state index contributed by atoms with van der Waals surface area (Å²) >= 11 is 0. The van der Waals surface area contributed by atoms with E-state index < -0.39 is 0 Å². The van der Waals surface area contributed by atoms with E-state index in [1.54, 1.807) is 18.6 Å². The van der Waals surface area contributed by atoms with Gasteiger partial charge in [-0.25, -0.2) is 4.98 Å². The fraction of sp³-hybridized carbons (Fsp3) is 0.250. The van der Waals surface area contributed by atoms with Crippen molar-refractivity contribution in [2.75, 3.05) is 17.6 Å². The first-order chi connectivity index (χ1) is 8.25. The van der Waals surface area contributed by atoms with Gasteiger partial charge in [-0.2, -0.15) is 4.98 Å². The minimum absolute atomic E-state index is 0.294. The average molecular weight is 229 g/mol. The maximum absolute atomic E-state index is 5.54. The SMILES string of the molecule is Cc1cnc(N)nc1NCCc1ccncc1. The van der Waals surface area contributed by atoms with E-state index in [2.05, 4.69) is 20.3 Å². The van der Waals surface area contributed by atoms with Gasteiger partial charge in [0.1, 0.15) is 5.82 Å². The highest BCUT2D eigenvalue weighted by molar-refractivity contribution is 5.45. The highest BCUT2D eigenvalue weighted by atomic mass is 15.1. The maximum Gasteiger partial charge on any atom is 0.221 e. The van der Waals surface area contributed by atoms with Crippen molar-refractivity contribution in [2.45, 2.75) is 13.3 Å². The van der Waals surface area contributed by atoms with Gasteiger partial charge in [0.05, 0.1) is 0 Å². The van der Waals surface area contributed by atoms with Crippen molar-refractivity contribution < 1.29 is 0 Å². The van der Waals surface area contributed by atoms with Gasteiger partial charge >= 0.3 is 0 Å². The van der Waals surface area contributed by atoms with Gasteiger partial charge in [-0.05, 0) is 31.0 Å². The molecule has 0 aliphatic heterocycles. The van der Waals surface area contributed by atoms with Crippen molar-refractivity contribution in [1.29, 1.82) is 0 Å². The third-order valence-electron chi connectivity index (χ3n) is 2.45. The van der Waals surface area contributed by atoms with Gasteiger partial charge in [0, 0.05) is 30.7 Å². The Kier molecular flexibility index (Phi) is 3.49. The van der Waals surface area contributed by atoms with E-state index in [1.165, 1.54) is 5.56 Å². The average Bonchev–Trinajstić information content (AvgIpc) is 2.35. The van der Waals surface area contributed by atoms with E-state index in [0.717, 1.165) is 24.3 Å². The Bertz CT molecular complexity index is 484. The van der Waals surface area contributed by atoms with E-state index in [0.29, 0.717) is 5.95 Å². The van der Waals surface area contributed by atoms with Crippen LogP contribution >= 0.6 is 0 Å². The number of aromatic nitrogens is 3. The summed E-state index contributed by atoms with van der Waals surface area (Å²) in [7, 11) is 0. The number of nitrogen functional groups attached to an aromatic ring is 1. The van der Waals surface area contributed by atoms with Crippen LogP contribution in [0.2, 0.25) is 0 Å². The largest absolute Gasteiger partial charge is 0.369 e. The summed E-state index contributed by atoms with van der Waals surface area (Å²) in [6, 6.07) is 4.01. The molecule has 0 bridgehead atoms. The molecule has 2 rings (SSSR count). The van der Waals surface area contributed by atoms with Crippen LogP contribution in [0.25, 0.3) is 0 Å². The molecule has 2 aromatic heterocycles. The molecule has 88 valence electrons. The van der Waals surface area contributed by atoms with Gasteiger partial charge in [0.25, 0.3) is 0 Å². The van der Waals surface area contributed by atoms with Crippen LogP contribution in [0.15, 0.2) is 30.7 Å². The fourth-order valence-corrected chi connectivity index (χ4v) is 1.51. The quantitative estimate of drug-likeness (QED) is 0.829. The van der Waals surface area contributed by atoms with Crippen molar-refractivity contribution in [1.82, 2.24) is 15.0 Å². The predicted octanol–water partition coefficient (Wildman–Crippen LogP) is 1.42. The van der Waals surface area contributed by atoms with Crippen molar-refractivity contribution in [2.24, 2.45) is 0 Å². The second kappa shape index (κ2) is 5.25. The molecule has 0 aliphatic rings. The summed E-state index contributed by atoms with van der Waals surface area (Å²) in [6.07, 6.45) is 6.23. The van der Waals surface area contributed by atoms with E-state index in [9.17, 15) is 0 Å². The number of nitrogens with two attached hydrogens (primary N) is 1. The van der Waals surface area contributed by atoms with Crippen LogP contribution in [0.4, 0.5) is 11.8 Å². The van der Waals surface area contributed by atoms with E-state index in [1.807, 2.05) is 19.1 Å². The number of nitrogens with one attached hydrogen (secondary N) is 1. The molecule has 0 radical (unpaired) electrons. The molecule has 2 aromatic rings. The summed E-state index contributed by atoms with van der Waals surface area (Å²) in [5.41, 5.74) is 7.78. The monoisotopic (exact) mass is 229 g/mol. The minimum atomic E-state index is 0.294. The van der Waals surface area contributed by atoms with Gasteiger partial charge in [-0.15, -0.1) is 0 Å². The van der Waals surface area contributed by atoms with Crippen LogP contribution in [-0.2, 0) is 6.42 Å². The third-order valence-corrected chi connectivity index (χ3v) is 2.45. The molecular formula is C12H15N5. The second-order valence-electron chi connectivity index (χ2n) is 3.79. The highest BCUT2D eigenvalue weighted by Crippen LogP contribution is 2.10. The molecule has 0 saturated heterocycles. The van der Waals surface area contributed by atoms with Crippen LogP contribution in [-0.4, -0.2) is 21.5 Å². The van der Waals surface area contributed by atoms with Gasteiger partial charge in [0.2, 0.25) is 5.95 Å². The lowest BCUT2D eigenvalue weighted by Gasteiger charge is -2.08. The number of hydrogen-bond acceptors (Lipinski definition) is 5. The predicted molar refractivity (Wildman–Crippen MR) is 67.6 cm³/mol. The Labute approximate surface area is 100 Å². The minimum Gasteiger partial charge on any atom is -0.369 e. The number of aryl methyl sites for hydroxylation is 1. The number of nitrogens with zero attached hydrogens (tertiary/aromatic N) is 3. The van der Waals surface area contributed by atoms with Crippen molar-refractivity contribution in [3.05, 3.63) is 41.9 Å². The molecule has 0 saturated carbocycles. The standard InChI is InChI=1S/C12H15N5/c1-9-8-16-12(13)17-11(9)15-7-4-10-2-5-14-6-3-10/h2-3,5-6,8H,4,7H2,1H3,(H3,13,15,16,17). The normalized spacial score (nSPS) is 10.2. The highest BCUT2D eigenvalue weighted by Gasteiger charge is 2.00. The maximum atomic E-state index is 5.54. The van der Waals surface area contributed by atoms with Crippen LogP contribution < -0.4 is 11.1 Å². The first-order valence-electron chi connectivity index (χ1n) is 5.47. The molecule has 5 nitrogen and oxygen atoms in total. The second-order valence-corrected chi connectivity index (χ2v) is 3.79. The molecule has 3 N–H and O–H groups in total. The molecule has 0 amide bonds. The molecule has 0 fully saturated rings. The first kappa shape index (κ1) is 11.3. The molecule has 2 heterocycles. The zero-order valence-corrected chi connectivity index (χ0v) is 9.72. The van der Waals surface area contributed by atoms with E-state index in [-0.39, 0.29) is 0 Å². The van der Waals surface area contributed by atoms with E-state index >= 15 is 0 Å². The number of rotatable bonds is 4. The number of pyridine rings is 1. The molecule has 0 aliphatic carbocycles. The summed E-state index contributed by atoms with van der Waals surface area (Å²) in [5.74, 6) is 1.09. The molecule has 0 spiro atoms. The summed E-state index contributed by atoms with van der Waals surface area (Å²) in [4.78, 5) is 12.1. The Morgan fingerprint density at radius 2 is 2.06 bits per heavy atom. The van der Waals surface area contributed by atoms with Crippen molar-refractivity contribution >= 4 is 11.8 Å². The van der Waals surface area contributed by atoms with Gasteiger partial charge in [0.15, 0.2) is 0 Å². The Balaban J connectivity index is 1.92. The number of anilines is 2. The first-order valence-corrected chi connectivity index (χ1v) is 5.47. The van der Waals surface area contributed by atoms with Crippen LogP contribution in [0.5, 0.6) is 0 Å². The zero-order valence-electron chi connectivity index (χ0n) is 9.72. The Morgan fingerprint density at radius 3 is 2.82 bits per heavy atom. The summed E-state index contributed by atoms with van der Waals surface area (Å²) < 4.78 is 0. The van der Waals surface area contributed by atoms with Crippen molar-refractivity contribution in [3.63, 3.8) is 0 Å². The van der Waals surface area contributed by atoms with Gasteiger partial charge in [-0.3, -0.25) is 4.98 Å². The summed E-state index contributed by atoms with van der Waals surface area (Å²) in [6.45, 7) is 2.76. The molecule has 0 unspecified atom stereocenters. The summed E-state index contributed by atoms with van der Waals surface area (Å²) in [5, 5.41) is 3.25. The molecule has 0 aromatic carbocycles. The van der Waals surface area contributed by atoms with Crippen LogP contribution in [0.1, 0.15) is 11.1 Å². The van der Waals surface area contributed by atoms with Gasteiger partial charge < -0.3 is 11.1 Å². The fourth-order valence-electron chi connectivity index (χ4n) is 1.51. The molecule has 5 heteroatoms. The zero-order chi connectivity index (χ0) is 12.1. The van der Waals surface area contributed by atoms with Crippen molar-refractivity contribution in [3.8, 4) is 0 Å². The third kappa shape index (κ3) is 3.14. The number of hydrogen-bond donors (Lipinski definition) is 2. The van der Waals surface area contributed by atoms with E-state index in [4.69, 9.17) is 5.73 Å². The smallest absolute Gasteiger partial charge is 0.221 e. The lowest BCUT2D eigenvalue weighted by atomic mass is 10.2.